The van der Waals surface area contributed by atoms with Gasteiger partial charge in [-0.1, -0.05) is 44.2 Å². The molecule has 3 heterocycles. The van der Waals surface area contributed by atoms with E-state index >= 15 is 0 Å². The summed E-state index contributed by atoms with van der Waals surface area (Å²) in [6.07, 6.45) is 3.43. The largest absolute Gasteiger partial charge is 0.493 e. The molecule has 1 aliphatic heterocycles. The molecule has 0 saturated heterocycles. The number of fused-ring (bicyclic) bond motifs is 2. The van der Waals surface area contributed by atoms with Crippen molar-refractivity contribution in [2.45, 2.75) is 33.2 Å². The third kappa shape index (κ3) is 7.50. The predicted molar refractivity (Wildman–Crippen MR) is 182 cm³/mol. The summed E-state index contributed by atoms with van der Waals surface area (Å²) in [4.78, 5) is 32.8. The Morgan fingerprint density at radius 2 is 1.62 bits per heavy atom. The van der Waals surface area contributed by atoms with E-state index in [4.69, 9.17) is 9.47 Å². The van der Waals surface area contributed by atoms with Crippen LogP contribution < -0.4 is 20.1 Å². The van der Waals surface area contributed by atoms with Crippen molar-refractivity contribution >= 4 is 45.4 Å². The zero-order valence-electron chi connectivity index (χ0n) is 26.1. The van der Waals surface area contributed by atoms with Gasteiger partial charge < -0.3 is 20.1 Å². The number of amides is 2. The number of benzene rings is 3. The number of para-hydroxylation sites is 1. The monoisotopic (exact) mass is 622 g/mol. The molecule has 232 valence electrons. The van der Waals surface area contributed by atoms with Crippen molar-refractivity contribution in [2.75, 3.05) is 37.9 Å². The number of carbonyl (C=O) groups is 2. The fraction of sp³-hybridized carbons (Fsp3) is 0.250. The number of nitrogens with one attached hydrogen (secondary N) is 2. The van der Waals surface area contributed by atoms with Gasteiger partial charge in [-0.3, -0.25) is 19.5 Å². The minimum absolute atomic E-state index is 0.278. The topological polar surface area (TPSA) is 92.8 Å². The van der Waals surface area contributed by atoms with Gasteiger partial charge in [0.05, 0.1) is 36.6 Å². The number of rotatable bonds is 9. The predicted octanol–water partition coefficient (Wildman–Crippen LogP) is 7.45. The van der Waals surface area contributed by atoms with Gasteiger partial charge in [0, 0.05) is 47.7 Å². The first-order valence-corrected chi connectivity index (χ1v) is 16.0. The number of ether oxygens (including phenoxy) is 2. The highest BCUT2D eigenvalue weighted by Crippen LogP contribution is 2.33. The van der Waals surface area contributed by atoms with Gasteiger partial charge in [-0.25, -0.2) is 0 Å². The lowest BCUT2D eigenvalue weighted by Crippen LogP contribution is -2.32. The first-order chi connectivity index (χ1) is 22.0. The maximum Gasteiger partial charge on any atom is 0.258 e. The van der Waals surface area contributed by atoms with E-state index in [1.54, 1.807) is 37.2 Å². The molecule has 0 spiro atoms. The van der Waals surface area contributed by atoms with Crippen LogP contribution in [0.25, 0.3) is 10.9 Å². The Labute approximate surface area is 268 Å². The van der Waals surface area contributed by atoms with Crippen LogP contribution in [0.5, 0.6) is 11.5 Å². The van der Waals surface area contributed by atoms with Crippen LogP contribution in [-0.2, 0) is 19.4 Å². The molecule has 2 amide bonds. The molecule has 0 fully saturated rings. The number of nitrogens with zero attached hydrogens (tertiary/aromatic N) is 2. The van der Waals surface area contributed by atoms with Gasteiger partial charge in [-0.2, -0.15) is 0 Å². The van der Waals surface area contributed by atoms with Gasteiger partial charge in [0.2, 0.25) is 0 Å². The Kier molecular flexibility index (Phi) is 10.4. The lowest BCUT2D eigenvalue weighted by Gasteiger charge is -2.29. The third-order valence-corrected chi connectivity index (χ3v) is 8.48. The standard InChI is InChI=1S/C34H32N4O4S.C2H6/c1-41-31-16-23-12-14-38(19-26(23)17-32(31)42-2)13-11-22-7-9-27(10-8-22)36-34(40)28-20-43-21-30(28)37-33(39)25-15-24-5-3-4-6-29(24)35-18-25;1-2/h3-10,15-18,20-21H,11-14,19H2,1-2H3,(H,36,40)(H,37,39);1-2H3. The first-order valence-electron chi connectivity index (χ1n) is 15.1. The zero-order chi connectivity index (χ0) is 31.8. The van der Waals surface area contributed by atoms with Crippen molar-refractivity contribution in [2.24, 2.45) is 0 Å². The molecule has 45 heavy (non-hydrogen) atoms. The zero-order valence-corrected chi connectivity index (χ0v) is 26.9. The fourth-order valence-corrected chi connectivity index (χ4v) is 6.09. The number of carbonyl (C=O) groups excluding carboxylic acids is 2. The number of hydrogen-bond donors (Lipinski definition) is 2. The van der Waals surface area contributed by atoms with E-state index in [9.17, 15) is 9.59 Å². The highest BCUT2D eigenvalue weighted by Gasteiger charge is 2.20. The molecule has 8 nitrogen and oxygen atoms in total. The van der Waals surface area contributed by atoms with E-state index in [-0.39, 0.29) is 11.8 Å². The summed E-state index contributed by atoms with van der Waals surface area (Å²) >= 11 is 1.36. The van der Waals surface area contributed by atoms with Crippen LogP contribution in [0, 0.1) is 0 Å². The average Bonchev–Trinajstić information content (AvgIpc) is 3.56. The summed E-state index contributed by atoms with van der Waals surface area (Å²) in [6, 6.07) is 21.5. The lowest BCUT2D eigenvalue weighted by atomic mass is 9.98. The summed E-state index contributed by atoms with van der Waals surface area (Å²) in [5, 5.41) is 10.2. The highest BCUT2D eigenvalue weighted by atomic mass is 32.1. The van der Waals surface area contributed by atoms with E-state index in [1.165, 1.54) is 28.0 Å². The van der Waals surface area contributed by atoms with Crippen LogP contribution >= 0.6 is 11.3 Å². The highest BCUT2D eigenvalue weighted by molar-refractivity contribution is 7.08. The molecular weight excluding hydrogens is 584 g/mol. The molecule has 0 atom stereocenters. The van der Waals surface area contributed by atoms with Gasteiger partial charge >= 0.3 is 0 Å². The van der Waals surface area contributed by atoms with Crippen LogP contribution in [0.1, 0.15) is 51.3 Å². The van der Waals surface area contributed by atoms with Crippen molar-refractivity contribution in [3.05, 3.63) is 112 Å². The van der Waals surface area contributed by atoms with Crippen LogP contribution in [0.15, 0.2) is 83.7 Å². The van der Waals surface area contributed by atoms with Crippen molar-refractivity contribution < 1.29 is 19.1 Å². The van der Waals surface area contributed by atoms with Crippen LogP contribution in [-0.4, -0.2) is 49.0 Å². The molecule has 0 unspecified atom stereocenters. The number of methoxy groups -OCH3 is 2. The summed E-state index contributed by atoms with van der Waals surface area (Å²) in [7, 11) is 3.33. The quantitative estimate of drug-likeness (QED) is 0.177. The number of pyridine rings is 1. The second-order valence-electron chi connectivity index (χ2n) is 10.5. The van der Waals surface area contributed by atoms with Gasteiger partial charge in [-0.05, 0) is 65.9 Å². The minimum atomic E-state index is -0.314. The molecule has 6 rings (SSSR count). The second kappa shape index (κ2) is 14.8. The molecule has 1 aliphatic rings. The Balaban J connectivity index is 0.00000196. The number of aromatic nitrogens is 1. The van der Waals surface area contributed by atoms with Crippen LogP contribution in [0.2, 0.25) is 0 Å². The normalized spacial score (nSPS) is 12.4. The van der Waals surface area contributed by atoms with E-state index in [0.717, 1.165) is 54.9 Å². The van der Waals surface area contributed by atoms with E-state index in [0.29, 0.717) is 22.5 Å². The SMILES string of the molecule is CC.COc1cc2c(cc1OC)CN(CCc1ccc(NC(=O)c3cscc3NC(=O)c3cnc4ccccc4c3)cc1)CC2. The Morgan fingerprint density at radius 3 is 2.38 bits per heavy atom. The molecule has 9 heteroatoms. The number of thiophene rings is 1. The van der Waals surface area contributed by atoms with Gasteiger partial charge in [0.1, 0.15) is 0 Å². The number of anilines is 2. The van der Waals surface area contributed by atoms with Crippen molar-refractivity contribution in [1.82, 2.24) is 9.88 Å². The van der Waals surface area contributed by atoms with Gasteiger partial charge in [-0.15, -0.1) is 11.3 Å². The van der Waals surface area contributed by atoms with E-state index < -0.39 is 0 Å². The third-order valence-electron chi connectivity index (χ3n) is 7.73. The smallest absolute Gasteiger partial charge is 0.258 e. The van der Waals surface area contributed by atoms with Gasteiger partial charge in [0.15, 0.2) is 11.5 Å². The van der Waals surface area contributed by atoms with Crippen molar-refractivity contribution in [3.8, 4) is 11.5 Å². The van der Waals surface area contributed by atoms with Crippen molar-refractivity contribution in [1.29, 1.82) is 0 Å². The maximum absolute atomic E-state index is 13.1. The van der Waals surface area contributed by atoms with Crippen LogP contribution in [0.3, 0.4) is 0 Å². The lowest BCUT2D eigenvalue weighted by molar-refractivity contribution is 0.102. The second-order valence-corrected chi connectivity index (χ2v) is 11.2. The van der Waals surface area contributed by atoms with Crippen molar-refractivity contribution in [3.63, 3.8) is 0 Å². The maximum atomic E-state index is 13.1. The van der Waals surface area contributed by atoms with E-state index in [2.05, 4.69) is 32.7 Å². The molecule has 5 aromatic rings. The van der Waals surface area contributed by atoms with Crippen LogP contribution in [0.4, 0.5) is 11.4 Å². The molecule has 0 radical (unpaired) electrons. The average molecular weight is 623 g/mol. The summed E-state index contributed by atoms with van der Waals surface area (Å²) in [5.74, 6) is 0.950. The van der Waals surface area contributed by atoms with Gasteiger partial charge in [0.25, 0.3) is 11.8 Å². The summed E-state index contributed by atoms with van der Waals surface area (Å²) in [5.41, 5.74) is 6.62. The fourth-order valence-electron chi connectivity index (χ4n) is 5.33. The first kappa shape index (κ1) is 31.7. The summed E-state index contributed by atoms with van der Waals surface area (Å²) < 4.78 is 10.9. The molecule has 3 aromatic carbocycles. The molecule has 2 N–H and O–H groups in total. The summed E-state index contributed by atoms with van der Waals surface area (Å²) in [6.45, 7) is 6.80. The minimum Gasteiger partial charge on any atom is -0.493 e. The molecule has 0 aliphatic carbocycles. The molecule has 0 bridgehead atoms. The molecular formula is C36H38N4O4S. The Morgan fingerprint density at radius 1 is 0.889 bits per heavy atom. The molecule has 2 aromatic heterocycles. The number of hydrogen-bond acceptors (Lipinski definition) is 7. The molecule has 0 saturated carbocycles. The Bertz CT molecular complexity index is 1780. The van der Waals surface area contributed by atoms with E-state index in [1.807, 2.05) is 62.4 Å². The Hall–Kier alpha value is -4.73.